The van der Waals surface area contributed by atoms with Crippen LogP contribution in [0.1, 0.15) is 22.3 Å². The Hall–Kier alpha value is -2.88. The smallest absolute Gasteiger partial charge is 0.293 e. The predicted molar refractivity (Wildman–Crippen MR) is 150 cm³/mol. The molecule has 9 heteroatoms. The lowest BCUT2D eigenvalue weighted by atomic mass is 10.1. The van der Waals surface area contributed by atoms with Crippen molar-refractivity contribution >= 4 is 72.4 Å². The minimum atomic E-state index is -0.320. The maximum absolute atomic E-state index is 12.8. The molecule has 3 aromatic carbocycles. The van der Waals surface area contributed by atoms with E-state index >= 15 is 0 Å². The molecule has 6 nitrogen and oxygen atoms in total. The van der Waals surface area contributed by atoms with Gasteiger partial charge in [-0.3, -0.25) is 19.3 Å². The fourth-order valence-electron chi connectivity index (χ4n) is 3.48. The molecule has 0 aliphatic carbocycles. The second-order valence-corrected chi connectivity index (χ2v) is 11.0. The molecule has 3 aromatic rings. The topological polar surface area (TPSA) is 75.7 Å². The Morgan fingerprint density at radius 2 is 1.75 bits per heavy atom. The third kappa shape index (κ3) is 6.46. The van der Waals surface area contributed by atoms with Crippen LogP contribution in [0.4, 0.5) is 10.5 Å². The number of amides is 3. The predicted octanol–water partition coefficient (Wildman–Crippen LogP) is 7.08. The Morgan fingerprint density at radius 1 is 1.03 bits per heavy atom. The van der Waals surface area contributed by atoms with Crippen LogP contribution in [0.3, 0.4) is 0 Å². The van der Waals surface area contributed by atoms with Crippen molar-refractivity contribution in [1.29, 1.82) is 0 Å². The first-order valence-electron chi connectivity index (χ1n) is 11.0. The number of carbonyl (C=O) groups is 3. The minimum absolute atomic E-state index is 0.146. The molecule has 0 aromatic heterocycles. The molecule has 36 heavy (non-hydrogen) atoms. The third-order valence-electron chi connectivity index (χ3n) is 5.51. The Labute approximate surface area is 230 Å². The maximum Gasteiger partial charge on any atom is 0.293 e. The average Bonchev–Trinajstić information content (AvgIpc) is 3.09. The molecule has 1 aliphatic rings. The number of ether oxygens (including phenoxy) is 1. The van der Waals surface area contributed by atoms with E-state index in [0.717, 1.165) is 43.0 Å². The van der Waals surface area contributed by atoms with Gasteiger partial charge in [-0.05, 0) is 106 Å². The number of benzene rings is 3. The van der Waals surface area contributed by atoms with Gasteiger partial charge in [-0.1, -0.05) is 40.2 Å². The van der Waals surface area contributed by atoms with Crippen LogP contribution in [-0.4, -0.2) is 28.6 Å². The van der Waals surface area contributed by atoms with Gasteiger partial charge < -0.3 is 10.1 Å². The fraction of sp³-hybridized carbons (Fsp3) is 0.148. The van der Waals surface area contributed by atoms with Gasteiger partial charge in [-0.25, -0.2) is 0 Å². The number of imide groups is 1. The molecule has 184 valence electrons. The van der Waals surface area contributed by atoms with E-state index < -0.39 is 0 Å². The summed E-state index contributed by atoms with van der Waals surface area (Å²) in [6.07, 6.45) is 1.68. The highest BCUT2D eigenvalue weighted by Crippen LogP contribution is 2.34. The van der Waals surface area contributed by atoms with Crippen LogP contribution in [0, 0.1) is 13.8 Å². The molecule has 0 spiro atoms. The highest BCUT2D eigenvalue weighted by molar-refractivity contribution is 9.10. The lowest BCUT2D eigenvalue weighted by molar-refractivity contribution is -0.123. The van der Waals surface area contributed by atoms with Crippen LogP contribution in [0.2, 0.25) is 0 Å². The van der Waals surface area contributed by atoms with Crippen LogP contribution >= 0.6 is 43.6 Å². The van der Waals surface area contributed by atoms with Gasteiger partial charge >= 0.3 is 0 Å². The first kappa shape index (κ1) is 26.2. The molecule has 4 rings (SSSR count). The van der Waals surface area contributed by atoms with Gasteiger partial charge in [0.15, 0.2) is 6.61 Å². The number of anilines is 1. The average molecular weight is 630 g/mol. The highest BCUT2D eigenvalue weighted by atomic mass is 79.9. The Bertz CT molecular complexity index is 1370. The van der Waals surface area contributed by atoms with Crippen molar-refractivity contribution in [3.05, 3.63) is 96.8 Å². The summed E-state index contributed by atoms with van der Waals surface area (Å²) in [4.78, 5) is 39.2. The first-order chi connectivity index (χ1) is 17.2. The van der Waals surface area contributed by atoms with Crippen molar-refractivity contribution in [2.75, 3.05) is 11.9 Å². The van der Waals surface area contributed by atoms with E-state index in [2.05, 4.69) is 37.2 Å². The molecule has 0 saturated carbocycles. The quantitative estimate of drug-likeness (QED) is 0.283. The maximum atomic E-state index is 12.8. The van der Waals surface area contributed by atoms with Crippen molar-refractivity contribution in [2.24, 2.45) is 0 Å². The summed E-state index contributed by atoms with van der Waals surface area (Å²) in [5.41, 5.74) is 4.51. The number of thioether (sulfide) groups is 1. The van der Waals surface area contributed by atoms with Gasteiger partial charge in [0.05, 0.1) is 17.1 Å². The van der Waals surface area contributed by atoms with E-state index in [9.17, 15) is 14.4 Å². The van der Waals surface area contributed by atoms with Crippen molar-refractivity contribution in [3.63, 3.8) is 0 Å². The third-order valence-corrected chi connectivity index (χ3v) is 7.57. The number of carbonyl (C=O) groups excluding carboxylic acids is 3. The van der Waals surface area contributed by atoms with Crippen molar-refractivity contribution in [2.45, 2.75) is 20.4 Å². The van der Waals surface area contributed by atoms with Gasteiger partial charge in [0, 0.05) is 8.95 Å². The second kappa shape index (κ2) is 11.5. The Kier molecular flexibility index (Phi) is 8.33. The van der Waals surface area contributed by atoms with Gasteiger partial charge in [0.25, 0.3) is 17.1 Å². The van der Waals surface area contributed by atoms with Crippen molar-refractivity contribution in [3.8, 4) is 5.75 Å². The molecule has 3 amide bonds. The molecule has 0 bridgehead atoms. The number of aryl methyl sites for hydroxylation is 2. The lowest BCUT2D eigenvalue weighted by Gasteiger charge is -2.12. The van der Waals surface area contributed by atoms with E-state index in [4.69, 9.17) is 4.74 Å². The Balaban J connectivity index is 1.34. The standard InChI is InChI=1S/C27H22Br2N2O4S/c1-16-10-22(29)23(11-17(16)2)30-25(32)15-35-21-8-6-18(7-9-21)13-24-26(33)31(27(34)36-24)14-19-4-3-5-20(28)12-19/h3-13H,14-15H2,1-2H3,(H,30,32)/b24-13+. The molecule has 0 atom stereocenters. The van der Waals surface area contributed by atoms with Crippen LogP contribution in [0.25, 0.3) is 6.08 Å². The summed E-state index contributed by atoms with van der Waals surface area (Å²) in [7, 11) is 0. The Morgan fingerprint density at radius 3 is 2.47 bits per heavy atom. The van der Waals surface area contributed by atoms with E-state index in [1.807, 2.05) is 50.2 Å². The number of nitrogens with zero attached hydrogens (tertiary/aromatic N) is 1. The summed E-state index contributed by atoms with van der Waals surface area (Å²) in [6, 6.07) is 18.4. The molecule has 1 N–H and O–H groups in total. The molecule has 1 saturated heterocycles. The summed E-state index contributed by atoms with van der Waals surface area (Å²) in [6.45, 7) is 4.06. The van der Waals surface area contributed by atoms with Gasteiger partial charge in [0.2, 0.25) is 0 Å². The summed E-state index contributed by atoms with van der Waals surface area (Å²) < 4.78 is 7.30. The molecule has 0 unspecified atom stereocenters. The number of halogens is 2. The normalized spacial score (nSPS) is 14.4. The summed E-state index contributed by atoms with van der Waals surface area (Å²) >= 11 is 7.79. The summed E-state index contributed by atoms with van der Waals surface area (Å²) in [5, 5.41) is 2.54. The highest BCUT2D eigenvalue weighted by Gasteiger charge is 2.35. The molecule has 1 fully saturated rings. The van der Waals surface area contributed by atoms with Crippen LogP contribution in [-0.2, 0) is 16.1 Å². The van der Waals surface area contributed by atoms with Gasteiger partial charge in [0.1, 0.15) is 5.75 Å². The first-order valence-corrected chi connectivity index (χ1v) is 13.4. The zero-order chi connectivity index (χ0) is 25.8. The van der Waals surface area contributed by atoms with E-state index in [-0.39, 0.29) is 30.2 Å². The minimum Gasteiger partial charge on any atom is -0.484 e. The van der Waals surface area contributed by atoms with Crippen LogP contribution in [0.15, 0.2) is 74.5 Å². The monoisotopic (exact) mass is 628 g/mol. The molecule has 0 radical (unpaired) electrons. The number of rotatable bonds is 7. The van der Waals surface area contributed by atoms with E-state index in [1.54, 1.807) is 30.3 Å². The lowest BCUT2D eigenvalue weighted by Crippen LogP contribution is -2.27. The molecular formula is C27H22Br2N2O4S. The van der Waals surface area contributed by atoms with E-state index in [0.29, 0.717) is 16.3 Å². The van der Waals surface area contributed by atoms with Crippen LogP contribution in [0.5, 0.6) is 5.75 Å². The van der Waals surface area contributed by atoms with E-state index in [1.165, 1.54) is 4.90 Å². The largest absolute Gasteiger partial charge is 0.484 e. The molecule has 1 heterocycles. The second-order valence-electron chi connectivity index (χ2n) is 8.22. The van der Waals surface area contributed by atoms with Gasteiger partial charge in [-0.15, -0.1) is 0 Å². The SMILES string of the molecule is Cc1cc(Br)c(NC(=O)COc2ccc(/C=C3/SC(=O)N(Cc4cccc(Br)c4)C3=O)cc2)cc1C. The molecular weight excluding hydrogens is 608 g/mol. The summed E-state index contributed by atoms with van der Waals surface area (Å²) in [5.74, 6) is -0.0779. The number of hydrogen-bond donors (Lipinski definition) is 1. The zero-order valence-electron chi connectivity index (χ0n) is 19.5. The number of hydrogen-bond acceptors (Lipinski definition) is 5. The van der Waals surface area contributed by atoms with Crippen molar-refractivity contribution < 1.29 is 19.1 Å². The van der Waals surface area contributed by atoms with Crippen LogP contribution < -0.4 is 10.1 Å². The van der Waals surface area contributed by atoms with Crippen molar-refractivity contribution in [1.82, 2.24) is 4.90 Å². The zero-order valence-corrected chi connectivity index (χ0v) is 23.5. The molecule has 1 aliphatic heterocycles. The number of nitrogens with one attached hydrogen (secondary N) is 1. The fourth-order valence-corrected chi connectivity index (χ4v) is 5.32. The van der Waals surface area contributed by atoms with Gasteiger partial charge in [-0.2, -0.15) is 0 Å².